The normalized spacial score (nSPS) is 20.1. The van der Waals surface area contributed by atoms with Crippen molar-refractivity contribution in [3.8, 4) is 0 Å². The second-order valence-corrected chi connectivity index (χ2v) is 6.28. The predicted octanol–water partition coefficient (Wildman–Crippen LogP) is 0.982. The van der Waals surface area contributed by atoms with Gasteiger partial charge < -0.3 is 24.6 Å². The second-order valence-electron chi connectivity index (χ2n) is 6.28. The Bertz CT molecular complexity index is 610. The summed E-state index contributed by atoms with van der Waals surface area (Å²) in [6.07, 6.45) is 5.08. The maximum Gasteiger partial charge on any atom is 0.409 e. The Labute approximate surface area is 152 Å². The molecule has 2 aliphatic heterocycles. The maximum atomic E-state index is 12.5. The van der Waals surface area contributed by atoms with Crippen molar-refractivity contribution < 1.29 is 19.1 Å². The first-order chi connectivity index (χ1) is 12.7. The zero-order valence-electron chi connectivity index (χ0n) is 15.0. The number of rotatable bonds is 5. The molecule has 0 aromatic carbocycles. The van der Waals surface area contributed by atoms with Crippen LogP contribution in [0, 0.1) is 0 Å². The quantitative estimate of drug-likeness (QED) is 0.833. The first-order valence-electron chi connectivity index (χ1n) is 9.06. The van der Waals surface area contributed by atoms with Gasteiger partial charge in [0.2, 0.25) is 0 Å². The molecule has 9 nitrogen and oxygen atoms in total. The van der Waals surface area contributed by atoms with Crippen LogP contribution in [0.1, 0.15) is 30.3 Å². The van der Waals surface area contributed by atoms with E-state index in [1.807, 2.05) is 0 Å². The molecule has 3 heterocycles. The van der Waals surface area contributed by atoms with Crippen LogP contribution >= 0.6 is 0 Å². The van der Waals surface area contributed by atoms with Crippen molar-refractivity contribution in [1.29, 1.82) is 0 Å². The third-order valence-corrected chi connectivity index (χ3v) is 4.50. The molecule has 1 unspecified atom stereocenters. The molecule has 0 saturated carbocycles. The van der Waals surface area contributed by atoms with Crippen molar-refractivity contribution in [3.05, 3.63) is 18.1 Å². The fourth-order valence-corrected chi connectivity index (χ4v) is 3.02. The summed E-state index contributed by atoms with van der Waals surface area (Å²) in [4.78, 5) is 36.0. The van der Waals surface area contributed by atoms with E-state index in [4.69, 9.17) is 9.47 Å². The monoisotopic (exact) mass is 363 g/mol. The van der Waals surface area contributed by atoms with Gasteiger partial charge in [-0.1, -0.05) is 0 Å². The number of anilines is 1. The summed E-state index contributed by atoms with van der Waals surface area (Å²) in [5, 5.41) is 3.18. The maximum absolute atomic E-state index is 12.5. The summed E-state index contributed by atoms with van der Waals surface area (Å²) in [6, 6.07) is 0. The highest BCUT2D eigenvalue weighted by atomic mass is 16.6. The van der Waals surface area contributed by atoms with E-state index in [9.17, 15) is 9.59 Å². The minimum absolute atomic E-state index is 0.174. The number of amides is 2. The average molecular weight is 363 g/mol. The number of ether oxygens (including phenoxy) is 2. The molecule has 142 valence electrons. The number of hydrogen-bond donors (Lipinski definition) is 1. The molecule has 3 rings (SSSR count). The molecule has 2 aliphatic rings. The molecular formula is C17H25N5O4. The number of piperazine rings is 1. The third kappa shape index (κ3) is 4.60. The molecule has 1 aromatic heterocycles. The first-order valence-corrected chi connectivity index (χ1v) is 9.06. The Morgan fingerprint density at radius 2 is 2.00 bits per heavy atom. The van der Waals surface area contributed by atoms with Gasteiger partial charge in [-0.05, 0) is 19.8 Å². The van der Waals surface area contributed by atoms with Crippen LogP contribution in [0.2, 0.25) is 0 Å². The van der Waals surface area contributed by atoms with Crippen molar-refractivity contribution in [2.75, 3.05) is 51.3 Å². The Hall–Kier alpha value is -2.42. The zero-order chi connectivity index (χ0) is 18.4. The van der Waals surface area contributed by atoms with Gasteiger partial charge in [0.25, 0.3) is 5.91 Å². The second kappa shape index (κ2) is 8.79. The van der Waals surface area contributed by atoms with E-state index in [2.05, 4.69) is 15.3 Å². The van der Waals surface area contributed by atoms with Crippen LogP contribution in [0.25, 0.3) is 0 Å². The topological polar surface area (TPSA) is 96.9 Å². The lowest BCUT2D eigenvalue weighted by Gasteiger charge is -2.33. The number of nitrogens with zero attached hydrogens (tertiary/aromatic N) is 4. The summed E-state index contributed by atoms with van der Waals surface area (Å²) in [5.74, 6) is 0.455. The summed E-state index contributed by atoms with van der Waals surface area (Å²) in [6.45, 7) is 5.46. The molecule has 0 aliphatic carbocycles. The van der Waals surface area contributed by atoms with Crippen molar-refractivity contribution in [3.63, 3.8) is 0 Å². The standard InChI is InChI=1S/C17H25N5O4/c1-2-25-17(24)22-7-5-21(6-8-22)16(23)14-11-20-15(12-18-14)19-10-13-4-3-9-26-13/h11-13H,2-10H2,1H3,(H,19,20). The molecule has 2 amide bonds. The number of carbonyl (C=O) groups is 2. The van der Waals surface area contributed by atoms with Gasteiger partial charge in [0, 0.05) is 39.3 Å². The van der Waals surface area contributed by atoms with E-state index >= 15 is 0 Å². The Kier molecular flexibility index (Phi) is 6.21. The molecule has 1 atom stereocenters. The van der Waals surface area contributed by atoms with Gasteiger partial charge in [0.15, 0.2) is 0 Å². The van der Waals surface area contributed by atoms with Crippen LogP contribution in [0.4, 0.5) is 10.6 Å². The Balaban J connectivity index is 1.48. The van der Waals surface area contributed by atoms with Crippen LogP contribution in [-0.2, 0) is 9.47 Å². The Morgan fingerprint density at radius 1 is 1.23 bits per heavy atom. The molecule has 1 N–H and O–H groups in total. The number of hydrogen-bond acceptors (Lipinski definition) is 7. The summed E-state index contributed by atoms with van der Waals surface area (Å²) in [5.41, 5.74) is 0.303. The van der Waals surface area contributed by atoms with Crippen molar-refractivity contribution >= 4 is 17.8 Å². The van der Waals surface area contributed by atoms with Gasteiger partial charge in [-0.3, -0.25) is 4.79 Å². The lowest BCUT2D eigenvalue weighted by Crippen LogP contribution is -2.50. The van der Waals surface area contributed by atoms with E-state index < -0.39 is 0 Å². The smallest absolute Gasteiger partial charge is 0.409 e. The number of carbonyl (C=O) groups excluding carboxylic acids is 2. The van der Waals surface area contributed by atoms with Crippen LogP contribution in [0.15, 0.2) is 12.4 Å². The molecule has 9 heteroatoms. The number of nitrogens with one attached hydrogen (secondary N) is 1. The average Bonchev–Trinajstić information content (AvgIpc) is 3.20. The van der Waals surface area contributed by atoms with E-state index in [1.165, 1.54) is 6.20 Å². The van der Waals surface area contributed by atoms with Gasteiger partial charge in [-0.2, -0.15) is 0 Å². The van der Waals surface area contributed by atoms with E-state index in [0.29, 0.717) is 50.8 Å². The largest absolute Gasteiger partial charge is 0.450 e. The third-order valence-electron chi connectivity index (χ3n) is 4.50. The fourth-order valence-electron chi connectivity index (χ4n) is 3.02. The molecule has 0 bridgehead atoms. The lowest BCUT2D eigenvalue weighted by atomic mass is 10.2. The molecular weight excluding hydrogens is 338 g/mol. The molecule has 0 radical (unpaired) electrons. The minimum Gasteiger partial charge on any atom is -0.450 e. The first kappa shape index (κ1) is 18.4. The summed E-state index contributed by atoms with van der Waals surface area (Å²) in [7, 11) is 0. The molecule has 1 aromatic rings. The van der Waals surface area contributed by atoms with Crippen LogP contribution in [-0.4, -0.2) is 83.8 Å². The van der Waals surface area contributed by atoms with Gasteiger partial charge in [0.05, 0.1) is 25.1 Å². The van der Waals surface area contributed by atoms with E-state index in [0.717, 1.165) is 19.4 Å². The minimum atomic E-state index is -0.332. The summed E-state index contributed by atoms with van der Waals surface area (Å²) >= 11 is 0. The van der Waals surface area contributed by atoms with E-state index in [1.54, 1.807) is 22.9 Å². The predicted molar refractivity (Wildman–Crippen MR) is 94.0 cm³/mol. The summed E-state index contributed by atoms with van der Waals surface area (Å²) < 4.78 is 10.5. The van der Waals surface area contributed by atoms with Gasteiger partial charge in [0.1, 0.15) is 11.5 Å². The van der Waals surface area contributed by atoms with Crippen molar-refractivity contribution in [2.45, 2.75) is 25.9 Å². The van der Waals surface area contributed by atoms with Gasteiger partial charge >= 0.3 is 6.09 Å². The molecule has 2 fully saturated rings. The highest BCUT2D eigenvalue weighted by Gasteiger charge is 2.26. The van der Waals surface area contributed by atoms with Crippen LogP contribution < -0.4 is 5.32 Å². The Morgan fingerprint density at radius 3 is 2.62 bits per heavy atom. The highest BCUT2D eigenvalue weighted by Crippen LogP contribution is 2.13. The fraction of sp³-hybridized carbons (Fsp3) is 0.647. The van der Waals surface area contributed by atoms with Crippen LogP contribution in [0.5, 0.6) is 0 Å². The molecule has 2 saturated heterocycles. The molecule has 0 spiro atoms. The van der Waals surface area contributed by atoms with Gasteiger partial charge in [-0.25, -0.2) is 14.8 Å². The highest BCUT2D eigenvalue weighted by molar-refractivity contribution is 5.92. The van der Waals surface area contributed by atoms with Crippen molar-refractivity contribution in [1.82, 2.24) is 19.8 Å². The zero-order valence-corrected chi connectivity index (χ0v) is 15.0. The van der Waals surface area contributed by atoms with Crippen LogP contribution in [0.3, 0.4) is 0 Å². The van der Waals surface area contributed by atoms with Crippen molar-refractivity contribution in [2.24, 2.45) is 0 Å². The van der Waals surface area contributed by atoms with E-state index in [-0.39, 0.29) is 18.1 Å². The van der Waals surface area contributed by atoms with Gasteiger partial charge in [-0.15, -0.1) is 0 Å². The lowest BCUT2D eigenvalue weighted by molar-refractivity contribution is 0.0565. The number of aromatic nitrogens is 2. The molecule has 26 heavy (non-hydrogen) atoms. The SMILES string of the molecule is CCOC(=O)N1CCN(C(=O)c2cnc(NCC3CCCO3)cn2)CC1.